The van der Waals surface area contributed by atoms with Gasteiger partial charge in [0, 0.05) is 5.56 Å². The smallest absolute Gasteiger partial charge is 0.313 e. The predicted octanol–water partition coefficient (Wildman–Crippen LogP) is 1.09. The van der Waals surface area contributed by atoms with Crippen molar-refractivity contribution in [3.8, 4) is 0 Å². The molecule has 0 saturated heterocycles. The molecule has 1 heterocycles. The van der Waals surface area contributed by atoms with Gasteiger partial charge in [0.2, 0.25) is 0 Å². The highest BCUT2D eigenvalue weighted by atomic mass is 32.2. The molecule has 0 aliphatic rings. The number of carbonyl (C=O) groups excluding carboxylic acids is 1. The number of nitrogens with zero attached hydrogens (tertiary/aromatic N) is 1. The third-order valence-corrected chi connectivity index (χ3v) is 3.67. The molecule has 2 aromatic rings. The van der Waals surface area contributed by atoms with Gasteiger partial charge in [-0.25, -0.2) is 4.98 Å². The molecule has 0 atom stereocenters. The van der Waals surface area contributed by atoms with Crippen molar-refractivity contribution in [3.05, 3.63) is 45.7 Å². The lowest BCUT2D eigenvalue weighted by molar-refractivity contribution is -0.133. The minimum atomic E-state index is -1.05. The van der Waals surface area contributed by atoms with E-state index in [0.717, 1.165) is 17.3 Å². The highest BCUT2D eigenvalue weighted by molar-refractivity contribution is 7.99. The molecule has 0 aliphatic carbocycles. The zero-order valence-corrected chi connectivity index (χ0v) is 12.9. The topological polar surface area (TPSA) is 138 Å². The summed E-state index contributed by atoms with van der Waals surface area (Å²) >= 11 is 0.824. The van der Waals surface area contributed by atoms with Crippen LogP contribution in [0.25, 0.3) is 0 Å². The van der Waals surface area contributed by atoms with E-state index in [0.29, 0.717) is 5.56 Å². The minimum absolute atomic E-state index is 0.0724. The van der Waals surface area contributed by atoms with E-state index >= 15 is 0 Å². The van der Waals surface area contributed by atoms with E-state index in [4.69, 9.17) is 10.8 Å². The van der Waals surface area contributed by atoms with E-state index in [-0.39, 0.29) is 22.4 Å². The average molecular weight is 334 g/mol. The molecule has 0 unspecified atom stereocenters. The van der Waals surface area contributed by atoms with Crippen LogP contribution in [0.1, 0.15) is 15.9 Å². The van der Waals surface area contributed by atoms with E-state index in [1.54, 1.807) is 24.3 Å². The van der Waals surface area contributed by atoms with Crippen molar-refractivity contribution in [3.63, 3.8) is 0 Å². The number of H-pyrrole nitrogens is 1. The number of aromatic amines is 1. The summed E-state index contributed by atoms with van der Waals surface area (Å²) in [4.78, 5) is 40.8. The van der Waals surface area contributed by atoms with E-state index in [9.17, 15) is 14.4 Å². The summed E-state index contributed by atoms with van der Waals surface area (Å²) in [6, 6.07) is 6.79. The number of nitrogen functional groups attached to an aromatic ring is 1. The van der Waals surface area contributed by atoms with Crippen molar-refractivity contribution >= 4 is 35.1 Å². The molecule has 0 saturated carbocycles. The molecule has 120 valence electrons. The lowest BCUT2D eigenvalue weighted by Gasteiger charge is -2.08. The van der Waals surface area contributed by atoms with Crippen molar-refractivity contribution in [1.29, 1.82) is 0 Å². The molecule has 1 aromatic carbocycles. The van der Waals surface area contributed by atoms with Gasteiger partial charge < -0.3 is 16.2 Å². The van der Waals surface area contributed by atoms with Crippen LogP contribution in [-0.2, 0) is 4.79 Å². The van der Waals surface area contributed by atoms with Gasteiger partial charge in [0.1, 0.15) is 5.69 Å². The molecule has 0 radical (unpaired) electrons. The number of aliphatic carboxylic acids is 1. The Morgan fingerprint density at radius 2 is 2.00 bits per heavy atom. The first-order valence-corrected chi connectivity index (χ1v) is 7.48. The second-order valence-electron chi connectivity index (χ2n) is 4.63. The number of amides is 1. The van der Waals surface area contributed by atoms with Crippen LogP contribution in [0.15, 0.2) is 34.2 Å². The number of nitrogens with one attached hydrogen (secondary N) is 2. The zero-order chi connectivity index (χ0) is 17.0. The van der Waals surface area contributed by atoms with Crippen LogP contribution in [0.2, 0.25) is 0 Å². The molecule has 9 heteroatoms. The first-order chi connectivity index (χ1) is 10.9. The average Bonchev–Trinajstić information content (AvgIpc) is 2.49. The number of aryl methyl sites for hydroxylation is 1. The second-order valence-corrected chi connectivity index (χ2v) is 5.60. The summed E-state index contributed by atoms with van der Waals surface area (Å²) in [5, 5.41) is 11.1. The van der Waals surface area contributed by atoms with Gasteiger partial charge in [-0.2, -0.15) is 0 Å². The molecule has 0 fully saturated rings. The summed E-state index contributed by atoms with van der Waals surface area (Å²) < 4.78 is 0. The fourth-order valence-electron chi connectivity index (χ4n) is 1.68. The largest absolute Gasteiger partial charge is 0.481 e. The number of carbonyl (C=O) groups is 2. The number of carboxylic acid groups (broad SMARTS) is 1. The van der Waals surface area contributed by atoms with Gasteiger partial charge in [-0.15, -0.1) is 0 Å². The Bertz CT molecular complexity index is 801. The number of hydrogen-bond donors (Lipinski definition) is 4. The van der Waals surface area contributed by atoms with Crippen LogP contribution in [0.5, 0.6) is 0 Å². The zero-order valence-electron chi connectivity index (χ0n) is 12.1. The Kier molecular flexibility index (Phi) is 5.02. The van der Waals surface area contributed by atoms with Crippen LogP contribution in [0, 0.1) is 6.92 Å². The van der Waals surface area contributed by atoms with E-state index in [2.05, 4.69) is 15.3 Å². The van der Waals surface area contributed by atoms with Crippen molar-refractivity contribution in [2.45, 2.75) is 12.1 Å². The Balaban J connectivity index is 2.20. The van der Waals surface area contributed by atoms with Gasteiger partial charge in [0.05, 0.1) is 5.75 Å². The standard InChI is InChI=1S/C14H14N4O4S/c1-7-2-4-8(5-3-7)12(21)16-10-11(15)17-14(18-13(10)22)23-6-9(19)20/h2-5H,6H2,1H3,(H,16,21)(H,19,20)(H3,15,17,18,22). The quantitative estimate of drug-likeness (QED) is 0.474. The number of hydrogen-bond acceptors (Lipinski definition) is 6. The molecule has 23 heavy (non-hydrogen) atoms. The normalized spacial score (nSPS) is 10.3. The monoisotopic (exact) mass is 334 g/mol. The first kappa shape index (κ1) is 16.6. The van der Waals surface area contributed by atoms with E-state index < -0.39 is 17.4 Å². The predicted molar refractivity (Wildman–Crippen MR) is 86.8 cm³/mol. The fraction of sp³-hybridized carbons (Fsp3) is 0.143. The number of thioether (sulfide) groups is 1. The van der Waals surface area contributed by atoms with Gasteiger partial charge in [-0.3, -0.25) is 19.4 Å². The van der Waals surface area contributed by atoms with Gasteiger partial charge in [0.25, 0.3) is 11.5 Å². The molecule has 0 spiro atoms. The summed E-state index contributed by atoms with van der Waals surface area (Å²) in [6.45, 7) is 1.89. The number of benzene rings is 1. The summed E-state index contributed by atoms with van der Waals surface area (Å²) in [5.74, 6) is -1.98. The molecule has 5 N–H and O–H groups in total. The second kappa shape index (κ2) is 6.97. The maximum atomic E-state index is 12.1. The van der Waals surface area contributed by atoms with Crippen LogP contribution in [0.3, 0.4) is 0 Å². The number of aromatic nitrogens is 2. The molecular formula is C14H14N4O4S. The summed E-state index contributed by atoms with van der Waals surface area (Å²) in [7, 11) is 0. The van der Waals surface area contributed by atoms with E-state index in [1.165, 1.54) is 0 Å². The van der Waals surface area contributed by atoms with Crippen molar-refractivity contribution in [2.75, 3.05) is 16.8 Å². The van der Waals surface area contributed by atoms with E-state index in [1.807, 2.05) is 6.92 Å². The maximum absolute atomic E-state index is 12.1. The summed E-state index contributed by atoms with van der Waals surface area (Å²) in [5.41, 5.74) is 6.23. The highest BCUT2D eigenvalue weighted by Gasteiger charge is 2.14. The third-order valence-electron chi connectivity index (χ3n) is 2.81. The number of rotatable bonds is 5. The Morgan fingerprint density at radius 3 is 2.57 bits per heavy atom. The van der Waals surface area contributed by atoms with Crippen molar-refractivity contribution < 1.29 is 14.7 Å². The molecular weight excluding hydrogens is 320 g/mol. The number of carboxylic acids is 1. The first-order valence-electron chi connectivity index (χ1n) is 6.49. The Morgan fingerprint density at radius 1 is 1.35 bits per heavy atom. The van der Waals surface area contributed by atoms with Crippen LogP contribution in [-0.4, -0.2) is 32.7 Å². The molecule has 0 aliphatic heterocycles. The summed E-state index contributed by atoms with van der Waals surface area (Å²) in [6.07, 6.45) is 0. The Hall–Kier alpha value is -2.81. The highest BCUT2D eigenvalue weighted by Crippen LogP contribution is 2.17. The molecule has 1 aromatic heterocycles. The van der Waals surface area contributed by atoms with Crippen LogP contribution < -0.4 is 16.6 Å². The molecule has 0 bridgehead atoms. The maximum Gasteiger partial charge on any atom is 0.313 e. The van der Waals surface area contributed by atoms with Gasteiger partial charge in [-0.05, 0) is 19.1 Å². The Labute approximate surface area is 135 Å². The van der Waals surface area contributed by atoms with Crippen molar-refractivity contribution in [2.24, 2.45) is 0 Å². The van der Waals surface area contributed by atoms with Crippen LogP contribution >= 0.6 is 11.8 Å². The lowest BCUT2D eigenvalue weighted by Crippen LogP contribution is -2.23. The molecule has 1 amide bonds. The SMILES string of the molecule is Cc1ccc(C(=O)Nc2c(N)nc(SCC(=O)O)[nH]c2=O)cc1. The number of nitrogens with two attached hydrogens (primary N) is 1. The van der Waals surface area contributed by atoms with Gasteiger partial charge in [0.15, 0.2) is 11.0 Å². The number of anilines is 2. The van der Waals surface area contributed by atoms with Gasteiger partial charge >= 0.3 is 5.97 Å². The molecule has 2 rings (SSSR count). The molecule has 8 nitrogen and oxygen atoms in total. The third kappa shape index (κ3) is 4.33. The van der Waals surface area contributed by atoms with Crippen LogP contribution in [0.4, 0.5) is 11.5 Å². The lowest BCUT2D eigenvalue weighted by atomic mass is 10.1. The fourth-order valence-corrected chi connectivity index (χ4v) is 2.27. The van der Waals surface area contributed by atoms with Gasteiger partial charge in [-0.1, -0.05) is 29.5 Å². The van der Waals surface area contributed by atoms with Crippen molar-refractivity contribution in [1.82, 2.24) is 9.97 Å². The minimum Gasteiger partial charge on any atom is -0.481 e.